The molecule has 1 saturated carbocycles. The standard InChI is InChI=1S/C13H26NO5P/c14-12-6-2-1-5-11(12)10(7-8-13(15)16)4-3-9-20(17,18)19/h10-12H,1-9,14H2,(H,15,16)(H2,17,18,19). The Bertz CT molecular complexity index is 357. The summed E-state index contributed by atoms with van der Waals surface area (Å²) in [5.74, 6) is -0.373. The van der Waals surface area contributed by atoms with Crippen molar-refractivity contribution in [3.63, 3.8) is 0 Å². The SMILES string of the molecule is NC1CCCCC1C(CCCP(=O)(O)O)CCC(=O)O. The topological polar surface area (TPSA) is 121 Å². The van der Waals surface area contributed by atoms with Crippen molar-refractivity contribution in [3.8, 4) is 0 Å². The highest BCUT2D eigenvalue weighted by atomic mass is 31.2. The molecule has 0 radical (unpaired) electrons. The third kappa shape index (κ3) is 6.84. The molecule has 3 atom stereocenters. The highest BCUT2D eigenvalue weighted by molar-refractivity contribution is 7.51. The second-order valence-corrected chi connectivity index (χ2v) is 7.61. The molecule has 0 saturated heterocycles. The number of carbonyl (C=O) groups is 1. The molecular formula is C13H26NO5P. The quantitative estimate of drug-likeness (QED) is 0.508. The van der Waals surface area contributed by atoms with Crippen LogP contribution < -0.4 is 5.73 Å². The fourth-order valence-electron chi connectivity index (χ4n) is 3.21. The van der Waals surface area contributed by atoms with Gasteiger partial charge in [-0.25, -0.2) is 0 Å². The van der Waals surface area contributed by atoms with Crippen molar-refractivity contribution in [2.24, 2.45) is 17.6 Å². The van der Waals surface area contributed by atoms with Crippen LogP contribution in [0.25, 0.3) is 0 Å². The second kappa shape index (κ2) is 8.13. The lowest BCUT2D eigenvalue weighted by Gasteiger charge is -2.35. The third-order valence-electron chi connectivity index (χ3n) is 4.23. The molecule has 1 aliphatic carbocycles. The van der Waals surface area contributed by atoms with E-state index >= 15 is 0 Å². The van der Waals surface area contributed by atoms with Crippen LogP contribution in [0.3, 0.4) is 0 Å². The summed E-state index contributed by atoms with van der Waals surface area (Å²) in [4.78, 5) is 28.6. The van der Waals surface area contributed by atoms with Crippen LogP contribution in [0.2, 0.25) is 0 Å². The fourth-order valence-corrected chi connectivity index (χ4v) is 3.81. The minimum absolute atomic E-state index is 0.0950. The summed E-state index contributed by atoms with van der Waals surface area (Å²) in [6, 6.07) is 0.0950. The molecule has 0 aromatic heterocycles. The van der Waals surface area contributed by atoms with Crippen molar-refractivity contribution >= 4 is 13.6 Å². The number of carboxylic acid groups (broad SMARTS) is 1. The van der Waals surface area contributed by atoms with Gasteiger partial charge in [-0.3, -0.25) is 9.36 Å². The van der Waals surface area contributed by atoms with Gasteiger partial charge >= 0.3 is 13.6 Å². The molecule has 20 heavy (non-hydrogen) atoms. The van der Waals surface area contributed by atoms with Gasteiger partial charge in [-0.15, -0.1) is 0 Å². The van der Waals surface area contributed by atoms with Gasteiger partial charge in [0.1, 0.15) is 0 Å². The molecule has 0 spiro atoms. The summed E-state index contributed by atoms with van der Waals surface area (Å²) >= 11 is 0. The minimum atomic E-state index is -3.96. The van der Waals surface area contributed by atoms with Crippen molar-refractivity contribution in [2.75, 3.05) is 6.16 Å². The molecule has 0 aromatic rings. The first-order valence-corrected chi connectivity index (χ1v) is 9.11. The number of hydrogen-bond acceptors (Lipinski definition) is 3. The number of aliphatic carboxylic acids is 1. The van der Waals surface area contributed by atoms with Gasteiger partial charge in [0.05, 0.1) is 0 Å². The predicted molar refractivity (Wildman–Crippen MR) is 76.4 cm³/mol. The van der Waals surface area contributed by atoms with Gasteiger partial charge in [-0.05, 0) is 43.9 Å². The minimum Gasteiger partial charge on any atom is -0.481 e. The Balaban J connectivity index is 2.54. The lowest BCUT2D eigenvalue weighted by atomic mass is 9.73. The van der Waals surface area contributed by atoms with Gasteiger partial charge in [0.15, 0.2) is 0 Å². The summed E-state index contributed by atoms with van der Waals surface area (Å²) in [7, 11) is -3.96. The summed E-state index contributed by atoms with van der Waals surface area (Å²) in [5, 5.41) is 8.83. The van der Waals surface area contributed by atoms with Crippen LogP contribution in [0.1, 0.15) is 51.4 Å². The van der Waals surface area contributed by atoms with Crippen LogP contribution in [-0.4, -0.2) is 33.1 Å². The average Bonchev–Trinajstić information content (AvgIpc) is 2.33. The molecule has 0 aromatic carbocycles. The molecule has 6 nitrogen and oxygen atoms in total. The maximum absolute atomic E-state index is 10.9. The van der Waals surface area contributed by atoms with Crippen LogP contribution in [0.5, 0.6) is 0 Å². The molecule has 5 N–H and O–H groups in total. The Labute approximate surface area is 119 Å². The van der Waals surface area contributed by atoms with Gasteiger partial charge in [0, 0.05) is 18.6 Å². The number of nitrogens with two attached hydrogens (primary N) is 1. The predicted octanol–water partition coefficient (Wildman–Crippen LogP) is 1.94. The highest BCUT2D eigenvalue weighted by Gasteiger charge is 2.30. The van der Waals surface area contributed by atoms with E-state index in [-0.39, 0.29) is 24.5 Å². The zero-order chi connectivity index (χ0) is 15.2. The molecule has 0 amide bonds. The van der Waals surface area contributed by atoms with Crippen molar-refractivity contribution < 1.29 is 24.3 Å². The van der Waals surface area contributed by atoms with Crippen molar-refractivity contribution in [3.05, 3.63) is 0 Å². The summed E-state index contributed by atoms with van der Waals surface area (Å²) in [6.45, 7) is 0. The van der Waals surface area contributed by atoms with E-state index in [1.54, 1.807) is 0 Å². The zero-order valence-electron chi connectivity index (χ0n) is 11.8. The maximum Gasteiger partial charge on any atom is 0.325 e. The molecule has 7 heteroatoms. The van der Waals surface area contributed by atoms with Crippen molar-refractivity contribution in [1.29, 1.82) is 0 Å². The van der Waals surface area contributed by atoms with E-state index in [1.165, 1.54) is 0 Å². The molecular weight excluding hydrogens is 281 g/mol. The molecule has 1 rings (SSSR count). The van der Waals surface area contributed by atoms with E-state index in [1.807, 2.05) is 0 Å². The Morgan fingerprint density at radius 1 is 1.25 bits per heavy atom. The maximum atomic E-state index is 10.9. The third-order valence-corrected chi connectivity index (χ3v) is 5.13. The van der Waals surface area contributed by atoms with Gasteiger partial charge in [-0.1, -0.05) is 12.8 Å². The van der Waals surface area contributed by atoms with E-state index < -0.39 is 13.6 Å². The number of rotatable bonds is 8. The summed E-state index contributed by atoms with van der Waals surface area (Å²) < 4.78 is 10.9. The van der Waals surface area contributed by atoms with E-state index in [0.717, 1.165) is 25.7 Å². The van der Waals surface area contributed by atoms with Crippen molar-refractivity contribution in [2.45, 2.75) is 57.4 Å². The summed E-state index contributed by atoms with van der Waals surface area (Å²) in [6.07, 6.45) is 5.80. The van der Waals surface area contributed by atoms with Crippen LogP contribution in [-0.2, 0) is 9.36 Å². The van der Waals surface area contributed by atoms with E-state index in [4.69, 9.17) is 20.6 Å². The highest BCUT2D eigenvalue weighted by Crippen LogP contribution is 2.39. The number of carboxylic acids is 1. The molecule has 1 fully saturated rings. The first kappa shape index (κ1) is 17.6. The lowest BCUT2D eigenvalue weighted by Crippen LogP contribution is -2.38. The molecule has 0 aliphatic heterocycles. The van der Waals surface area contributed by atoms with Gasteiger partial charge in [-0.2, -0.15) is 0 Å². The summed E-state index contributed by atoms with van der Waals surface area (Å²) in [5.41, 5.74) is 6.14. The first-order valence-electron chi connectivity index (χ1n) is 7.31. The monoisotopic (exact) mass is 307 g/mol. The molecule has 1 aliphatic rings. The average molecular weight is 307 g/mol. The van der Waals surface area contributed by atoms with Crippen LogP contribution in [0.4, 0.5) is 0 Å². The fraction of sp³-hybridized carbons (Fsp3) is 0.923. The molecule has 0 bridgehead atoms. The number of hydrogen-bond donors (Lipinski definition) is 4. The lowest BCUT2D eigenvalue weighted by molar-refractivity contribution is -0.137. The Morgan fingerprint density at radius 2 is 1.90 bits per heavy atom. The van der Waals surface area contributed by atoms with Crippen molar-refractivity contribution in [1.82, 2.24) is 0 Å². The largest absolute Gasteiger partial charge is 0.481 e. The van der Waals surface area contributed by atoms with Gasteiger partial charge in [0.2, 0.25) is 0 Å². The molecule has 3 unspecified atom stereocenters. The Kier molecular flexibility index (Phi) is 7.17. The molecule has 0 heterocycles. The van der Waals surface area contributed by atoms with E-state index in [0.29, 0.717) is 25.2 Å². The zero-order valence-corrected chi connectivity index (χ0v) is 12.7. The van der Waals surface area contributed by atoms with E-state index in [2.05, 4.69) is 0 Å². The van der Waals surface area contributed by atoms with E-state index in [9.17, 15) is 9.36 Å². The van der Waals surface area contributed by atoms with Crippen LogP contribution in [0, 0.1) is 11.8 Å². The Morgan fingerprint density at radius 3 is 2.45 bits per heavy atom. The van der Waals surface area contributed by atoms with Crippen LogP contribution in [0.15, 0.2) is 0 Å². The Hall–Kier alpha value is -0.420. The van der Waals surface area contributed by atoms with Gasteiger partial charge < -0.3 is 20.6 Å². The smallest absolute Gasteiger partial charge is 0.325 e. The molecule has 118 valence electrons. The first-order chi connectivity index (χ1) is 9.29. The normalized spacial score (nSPS) is 25.4. The van der Waals surface area contributed by atoms with Crippen LogP contribution >= 0.6 is 7.60 Å². The second-order valence-electron chi connectivity index (χ2n) is 5.84. The van der Waals surface area contributed by atoms with Gasteiger partial charge in [0.25, 0.3) is 0 Å².